The van der Waals surface area contributed by atoms with Crippen molar-refractivity contribution in [1.29, 1.82) is 0 Å². The molecular weight excluding hydrogens is 947 g/mol. The van der Waals surface area contributed by atoms with Crippen molar-refractivity contribution in [2.24, 2.45) is 13.0 Å². The molecule has 4 aromatic rings. The van der Waals surface area contributed by atoms with Crippen LogP contribution in [0.15, 0.2) is 58.6 Å². The first-order valence-corrected chi connectivity index (χ1v) is 24.8. The largest absolute Gasteiger partial charge is 0.494 e. The van der Waals surface area contributed by atoms with Crippen molar-refractivity contribution in [2.75, 3.05) is 43.1 Å². The topological polar surface area (TPSA) is 381 Å². The van der Waals surface area contributed by atoms with Gasteiger partial charge in [-0.2, -0.15) is 21.6 Å². The molecule has 4 rings (SSSR count). The highest BCUT2D eigenvalue weighted by Gasteiger charge is 2.31. The van der Waals surface area contributed by atoms with Crippen LogP contribution < -0.4 is 41.5 Å². The second-order valence-electron chi connectivity index (χ2n) is 15.3. The Labute approximate surface area is 384 Å². The number of fused-ring (bicyclic) bond motifs is 1. The summed E-state index contributed by atoms with van der Waals surface area (Å²) in [6, 6.07) is 4.15. The molecule has 28 heteroatoms. The fraction of sp³-hybridized carbons (Fsp3) is 0.410. The lowest BCUT2D eigenvalue weighted by atomic mass is 10.1. The predicted molar refractivity (Wildman–Crippen MR) is 240 cm³/mol. The minimum atomic E-state index is -4.79. The number of aromatic nitrogens is 3. The third kappa shape index (κ3) is 16.1. The number of ether oxygens (including phenoxy) is 1. The van der Waals surface area contributed by atoms with Crippen molar-refractivity contribution in [3.05, 3.63) is 81.4 Å². The highest BCUT2D eigenvalue weighted by molar-refractivity contribution is 7.89. The number of carbonyl (C=O) groups excluding carboxylic acids is 4. The summed E-state index contributed by atoms with van der Waals surface area (Å²) in [6.07, 6.45) is 4.66. The molecule has 0 aliphatic heterocycles. The zero-order valence-electron chi connectivity index (χ0n) is 36.5. The van der Waals surface area contributed by atoms with Gasteiger partial charge < -0.3 is 46.0 Å². The lowest BCUT2D eigenvalue weighted by Gasteiger charge is -2.19. The SMILES string of the molecule is Cc1cc(OCCCC(=O)NCCNC(=O)[C@H](CS(=O)(=O)O)NC(=O)[C@@H](C)CS(=O)(=O)O)cc(C)c1S(=O)(=O)N[C@@H](CNC(=O)c1cn(C)c2cc(CNc3ncc[nH]3)ccc2c1=O)C(=O)O. The Morgan fingerprint density at radius 3 is 2.15 bits per heavy atom. The van der Waals surface area contributed by atoms with E-state index in [0.29, 0.717) is 18.0 Å². The molecule has 67 heavy (non-hydrogen) atoms. The van der Waals surface area contributed by atoms with E-state index in [1.54, 1.807) is 42.2 Å². The van der Waals surface area contributed by atoms with E-state index in [9.17, 15) is 63.7 Å². The fourth-order valence-corrected chi connectivity index (χ4v) is 9.68. The highest BCUT2D eigenvalue weighted by Crippen LogP contribution is 2.26. The molecule has 10 N–H and O–H groups in total. The monoisotopic (exact) mass is 997 g/mol. The van der Waals surface area contributed by atoms with Gasteiger partial charge in [0.1, 0.15) is 29.1 Å². The minimum absolute atomic E-state index is 0.00742. The van der Waals surface area contributed by atoms with Gasteiger partial charge in [0.05, 0.1) is 28.7 Å². The summed E-state index contributed by atoms with van der Waals surface area (Å²) >= 11 is 0. The Morgan fingerprint density at radius 1 is 0.881 bits per heavy atom. The van der Waals surface area contributed by atoms with Gasteiger partial charge in [0.15, 0.2) is 5.95 Å². The van der Waals surface area contributed by atoms with Crippen LogP contribution in [0.3, 0.4) is 0 Å². The van der Waals surface area contributed by atoms with Crippen LogP contribution in [0, 0.1) is 19.8 Å². The average molecular weight is 998 g/mol. The number of carbonyl (C=O) groups is 5. The van der Waals surface area contributed by atoms with Crippen LogP contribution in [-0.4, -0.2) is 133 Å². The molecule has 0 unspecified atom stereocenters. The van der Waals surface area contributed by atoms with Crippen molar-refractivity contribution in [1.82, 2.24) is 40.5 Å². The quantitative estimate of drug-likeness (QED) is 0.0279. The number of rotatable bonds is 25. The van der Waals surface area contributed by atoms with E-state index >= 15 is 0 Å². The number of aromatic amines is 1. The maximum Gasteiger partial charge on any atom is 0.323 e. The van der Waals surface area contributed by atoms with E-state index < -0.39 is 101 Å². The molecule has 25 nitrogen and oxygen atoms in total. The summed E-state index contributed by atoms with van der Waals surface area (Å²) in [4.78, 5) is 82.7. The van der Waals surface area contributed by atoms with Gasteiger partial charge in [-0.3, -0.25) is 37.9 Å². The van der Waals surface area contributed by atoms with Crippen LogP contribution in [0.1, 0.15) is 46.8 Å². The van der Waals surface area contributed by atoms with Gasteiger partial charge in [0, 0.05) is 63.6 Å². The Kier molecular flexibility index (Phi) is 18.1. The van der Waals surface area contributed by atoms with Gasteiger partial charge in [-0.05, 0) is 61.2 Å². The number of aryl methyl sites for hydroxylation is 3. The van der Waals surface area contributed by atoms with Gasteiger partial charge in [0.25, 0.3) is 26.1 Å². The van der Waals surface area contributed by atoms with Crippen LogP contribution in [0.4, 0.5) is 5.95 Å². The molecule has 3 atom stereocenters. The van der Waals surface area contributed by atoms with Crippen molar-refractivity contribution < 1.29 is 68.2 Å². The number of H-pyrrole nitrogens is 1. The van der Waals surface area contributed by atoms with Gasteiger partial charge in [-0.1, -0.05) is 13.0 Å². The third-order valence-corrected chi connectivity index (χ3v) is 13.2. The number of hydrogen-bond donors (Lipinski definition) is 10. The van der Waals surface area contributed by atoms with E-state index in [2.05, 4.69) is 36.0 Å². The van der Waals surface area contributed by atoms with Gasteiger partial charge in [-0.15, -0.1) is 0 Å². The second kappa shape index (κ2) is 22.8. The molecule has 0 spiro atoms. The van der Waals surface area contributed by atoms with E-state index in [-0.39, 0.29) is 65.3 Å². The molecule has 0 aliphatic carbocycles. The standard InChI is InChI=1S/C39H51N9O16S3/c1-22-14-26(64-13-5-6-32(49)40-9-10-41-37(53)30(21-66(59,60)61)46-35(51)24(3)20-65(56,57)58)15-23(2)34(22)67(62,63)47-29(38(54)55)18-44-36(52)28-19-48(4)31-16-25(7-8-27(31)33(28)50)17-45-39-42-11-12-43-39/h7-8,11-12,14-16,19,24,29-30,47H,5-6,9-10,13,17-18,20-21H2,1-4H3,(H,40,49)(H,41,53)(H,44,52)(H,46,51)(H,54,55)(H2,42,43,45)(H,56,57,58)(H,59,60,61)/t24-,29-,30-/m0/s1. The number of imidazole rings is 1. The molecule has 2 heterocycles. The Balaban J connectivity index is 1.26. The first-order chi connectivity index (χ1) is 31.2. The summed E-state index contributed by atoms with van der Waals surface area (Å²) in [5, 5.41) is 22.4. The zero-order chi connectivity index (χ0) is 49.9. The normalized spacial score (nSPS) is 13.2. The molecule has 0 saturated heterocycles. The van der Waals surface area contributed by atoms with Crippen LogP contribution in [0.2, 0.25) is 0 Å². The maximum absolute atomic E-state index is 13.5. The molecule has 2 aromatic heterocycles. The fourth-order valence-electron chi connectivity index (χ4n) is 6.60. The van der Waals surface area contributed by atoms with Crippen molar-refractivity contribution in [3.63, 3.8) is 0 Å². The molecule has 0 aliphatic rings. The Hall–Kier alpha value is -6.46. The number of amides is 4. The van der Waals surface area contributed by atoms with Crippen LogP contribution in [-0.2, 0) is 63.0 Å². The molecular formula is C39H51N9O16S3. The number of carboxylic acid groups (broad SMARTS) is 1. The number of aliphatic carboxylic acids is 1. The van der Waals surface area contributed by atoms with Crippen molar-refractivity contribution in [2.45, 2.75) is 57.1 Å². The summed E-state index contributed by atoms with van der Waals surface area (Å²) in [5.41, 5.74) is 0.806. The average Bonchev–Trinajstić information content (AvgIpc) is 3.75. The van der Waals surface area contributed by atoms with Crippen LogP contribution in [0.5, 0.6) is 5.75 Å². The summed E-state index contributed by atoms with van der Waals surface area (Å²) in [6.45, 7) is 3.29. The lowest BCUT2D eigenvalue weighted by molar-refractivity contribution is -0.138. The number of pyridine rings is 1. The Morgan fingerprint density at radius 2 is 1.54 bits per heavy atom. The van der Waals surface area contributed by atoms with Gasteiger partial charge >= 0.3 is 5.97 Å². The number of nitrogens with zero attached hydrogens (tertiary/aromatic N) is 2. The molecule has 366 valence electrons. The first-order valence-electron chi connectivity index (χ1n) is 20.1. The van der Waals surface area contributed by atoms with E-state index in [4.69, 9.17) is 9.29 Å². The highest BCUT2D eigenvalue weighted by atomic mass is 32.2. The van der Waals surface area contributed by atoms with E-state index in [1.807, 2.05) is 5.32 Å². The smallest absolute Gasteiger partial charge is 0.323 e. The summed E-state index contributed by atoms with van der Waals surface area (Å²) in [5.74, 6) is -8.01. The molecule has 2 aromatic carbocycles. The third-order valence-electron chi connectivity index (χ3n) is 9.70. The number of benzene rings is 2. The zero-order valence-corrected chi connectivity index (χ0v) is 38.9. The first kappa shape index (κ1) is 53.2. The van der Waals surface area contributed by atoms with Crippen molar-refractivity contribution >= 4 is 76.7 Å². The van der Waals surface area contributed by atoms with E-state index in [1.165, 1.54) is 32.2 Å². The van der Waals surface area contributed by atoms with Crippen molar-refractivity contribution in [3.8, 4) is 5.75 Å². The summed E-state index contributed by atoms with van der Waals surface area (Å²) < 4.78 is 99.6. The number of hydrogen-bond acceptors (Lipinski definition) is 15. The molecule has 0 fully saturated rings. The summed E-state index contributed by atoms with van der Waals surface area (Å²) in [7, 11) is -12.3. The number of nitrogens with one attached hydrogen (secondary N) is 7. The predicted octanol–water partition coefficient (Wildman–Crippen LogP) is -1.06. The van der Waals surface area contributed by atoms with E-state index in [0.717, 1.165) is 12.5 Å². The molecule has 0 saturated carbocycles. The number of anilines is 1. The number of carboxylic acids is 1. The van der Waals surface area contributed by atoms with Gasteiger partial charge in [-0.25, -0.2) is 13.4 Å². The molecule has 4 amide bonds. The van der Waals surface area contributed by atoms with Crippen LogP contribution in [0.25, 0.3) is 10.9 Å². The lowest BCUT2D eigenvalue weighted by Crippen LogP contribution is -2.52. The minimum Gasteiger partial charge on any atom is -0.494 e. The second-order valence-corrected chi connectivity index (χ2v) is 19.9. The Bertz CT molecular complexity index is 2870. The molecule has 0 radical (unpaired) electrons. The van der Waals surface area contributed by atoms with Gasteiger partial charge in [0.2, 0.25) is 33.2 Å². The number of sulfonamides is 1. The molecule has 0 bridgehead atoms. The van der Waals surface area contributed by atoms with Crippen LogP contribution >= 0.6 is 0 Å². The maximum atomic E-state index is 13.5.